The maximum Gasteiger partial charge on any atom is 0.335 e. The second-order valence-electron chi connectivity index (χ2n) is 5.93. The minimum Gasteiger partial charge on any atom is -0.497 e. The summed E-state index contributed by atoms with van der Waals surface area (Å²) in [6.07, 6.45) is -5.43. The van der Waals surface area contributed by atoms with E-state index in [-0.39, 0.29) is 18.8 Å². The number of aliphatic carboxylic acids is 1. The molecule has 1 aromatic carbocycles. The quantitative estimate of drug-likeness (QED) is 0.441. The fourth-order valence-electron chi connectivity index (χ4n) is 2.45. The Labute approximate surface area is 155 Å². The van der Waals surface area contributed by atoms with Gasteiger partial charge in [0.15, 0.2) is 18.2 Å². The van der Waals surface area contributed by atoms with Gasteiger partial charge in [0.1, 0.15) is 24.1 Å². The number of hydrogen-bond acceptors (Lipinski definition) is 8. The Morgan fingerprint density at radius 3 is 2.37 bits per heavy atom. The summed E-state index contributed by atoms with van der Waals surface area (Å²) < 4.78 is 15.2. The molecule has 4 N–H and O–H groups in total. The molecule has 0 saturated carbocycles. The normalized spacial score (nSPS) is 28.2. The van der Waals surface area contributed by atoms with E-state index in [0.717, 1.165) is 5.56 Å². The lowest BCUT2D eigenvalue weighted by molar-refractivity contribution is -0.293. The van der Waals surface area contributed by atoms with Gasteiger partial charge in [-0.1, -0.05) is 18.2 Å². The van der Waals surface area contributed by atoms with E-state index in [9.17, 15) is 24.9 Å². The van der Waals surface area contributed by atoms with Crippen molar-refractivity contribution in [1.82, 2.24) is 0 Å². The van der Waals surface area contributed by atoms with Gasteiger partial charge in [-0.2, -0.15) is 0 Å². The van der Waals surface area contributed by atoms with E-state index >= 15 is 0 Å². The number of allylic oxidation sites excluding steroid dienone is 1. The fraction of sp³-hybridized carbons (Fsp3) is 0.444. The predicted molar refractivity (Wildman–Crippen MR) is 91.9 cm³/mol. The number of aliphatic hydroxyl groups excluding tert-OH is 3. The molecule has 0 aromatic heterocycles. The van der Waals surface area contributed by atoms with E-state index in [1.165, 1.54) is 6.08 Å². The first-order valence-corrected chi connectivity index (χ1v) is 8.22. The maximum atomic E-state index is 11.9. The largest absolute Gasteiger partial charge is 0.497 e. The first kappa shape index (κ1) is 21.0. The third-order valence-corrected chi connectivity index (χ3v) is 4.02. The van der Waals surface area contributed by atoms with Gasteiger partial charge < -0.3 is 34.6 Å². The van der Waals surface area contributed by atoms with Crippen LogP contribution >= 0.6 is 0 Å². The molecule has 1 aromatic rings. The van der Waals surface area contributed by atoms with Crippen molar-refractivity contribution in [2.75, 3.05) is 13.7 Å². The van der Waals surface area contributed by atoms with Crippen LogP contribution in [0.5, 0.6) is 5.75 Å². The molecule has 0 aliphatic carbocycles. The van der Waals surface area contributed by atoms with Crippen molar-refractivity contribution in [3.63, 3.8) is 0 Å². The Morgan fingerprint density at radius 1 is 1.11 bits per heavy atom. The zero-order valence-corrected chi connectivity index (χ0v) is 14.6. The van der Waals surface area contributed by atoms with E-state index in [4.69, 9.17) is 19.3 Å². The lowest BCUT2D eigenvalue weighted by Crippen LogP contribution is -2.60. The van der Waals surface area contributed by atoms with Gasteiger partial charge in [-0.25, -0.2) is 4.79 Å². The molecule has 9 heteroatoms. The molecule has 1 aliphatic rings. The SMILES string of the molecule is COc1ccc(/C=C/C(=O)CCOC2OC(C(=O)O)C(O)C(O)C2O)cc1. The summed E-state index contributed by atoms with van der Waals surface area (Å²) in [7, 11) is 1.56. The Kier molecular flexibility index (Phi) is 7.45. The summed E-state index contributed by atoms with van der Waals surface area (Å²) in [6.45, 7) is -0.164. The molecule has 1 aliphatic heterocycles. The van der Waals surface area contributed by atoms with Crippen molar-refractivity contribution in [3.8, 4) is 5.75 Å². The molecule has 0 radical (unpaired) electrons. The van der Waals surface area contributed by atoms with Crippen molar-refractivity contribution in [1.29, 1.82) is 0 Å². The van der Waals surface area contributed by atoms with E-state index < -0.39 is 36.7 Å². The highest BCUT2D eigenvalue weighted by atomic mass is 16.7. The third kappa shape index (κ3) is 5.59. The van der Waals surface area contributed by atoms with Crippen molar-refractivity contribution < 1.29 is 44.2 Å². The average molecular weight is 382 g/mol. The lowest BCUT2D eigenvalue weighted by atomic mass is 9.99. The molecule has 1 heterocycles. The van der Waals surface area contributed by atoms with Crippen LogP contribution in [-0.4, -0.2) is 76.6 Å². The van der Waals surface area contributed by atoms with Crippen LogP contribution in [0.25, 0.3) is 6.08 Å². The van der Waals surface area contributed by atoms with Crippen LogP contribution in [0.15, 0.2) is 30.3 Å². The van der Waals surface area contributed by atoms with Crippen LogP contribution in [0.1, 0.15) is 12.0 Å². The summed E-state index contributed by atoms with van der Waals surface area (Å²) in [6, 6.07) is 7.08. The Balaban J connectivity index is 1.82. The average Bonchev–Trinajstić information content (AvgIpc) is 2.66. The van der Waals surface area contributed by atoms with Crippen molar-refractivity contribution in [2.45, 2.75) is 37.1 Å². The molecule has 1 fully saturated rings. The number of methoxy groups -OCH3 is 1. The highest BCUT2D eigenvalue weighted by Crippen LogP contribution is 2.22. The standard InChI is InChI=1S/C18H22O9/c1-25-12-6-3-10(4-7-12)2-5-11(19)8-9-26-18-15(22)13(20)14(21)16(27-18)17(23)24/h2-7,13-16,18,20-22H,8-9H2,1H3,(H,23,24)/b5-2+. The number of carboxylic acid groups (broad SMARTS) is 1. The van der Waals surface area contributed by atoms with Crippen molar-refractivity contribution in [3.05, 3.63) is 35.9 Å². The summed E-state index contributed by atoms with van der Waals surface area (Å²) in [5.74, 6) is -1.06. The maximum absolute atomic E-state index is 11.9. The van der Waals surface area contributed by atoms with Gasteiger partial charge in [0.05, 0.1) is 13.7 Å². The van der Waals surface area contributed by atoms with Gasteiger partial charge in [0, 0.05) is 6.42 Å². The number of ketones is 1. The second kappa shape index (κ2) is 9.58. The molecular weight excluding hydrogens is 360 g/mol. The third-order valence-electron chi connectivity index (χ3n) is 4.02. The van der Waals surface area contributed by atoms with E-state index in [1.807, 2.05) is 0 Å². The first-order valence-electron chi connectivity index (χ1n) is 8.22. The molecule has 9 nitrogen and oxygen atoms in total. The Hall–Kier alpha value is -2.30. The van der Waals surface area contributed by atoms with Crippen LogP contribution in [0.2, 0.25) is 0 Å². The molecule has 0 bridgehead atoms. The van der Waals surface area contributed by atoms with Gasteiger partial charge in [0.2, 0.25) is 0 Å². The number of ether oxygens (including phenoxy) is 3. The topological polar surface area (TPSA) is 143 Å². The van der Waals surface area contributed by atoms with E-state index in [1.54, 1.807) is 37.5 Å². The minimum atomic E-state index is -1.79. The molecule has 0 spiro atoms. The first-order chi connectivity index (χ1) is 12.8. The number of benzene rings is 1. The van der Waals surface area contributed by atoms with Crippen LogP contribution < -0.4 is 4.74 Å². The Bertz CT molecular complexity index is 670. The van der Waals surface area contributed by atoms with E-state index in [0.29, 0.717) is 5.75 Å². The molecule has 2 rings (SSSR count). The van der Waals surface area contributed by atoms with Gasteiger partial charge >= 0.3 is 5.97 Å². The molecule has 1 saturated heterocycles. The van der Waals surface area contributed by atoms with Crippen molar-refractivity contribution >= 4 is 17.8 Å². The summed E-state index contributed by atoms with van der Waals surface area (Å²) in [5.41, 5.74) is 0.803. The minimum absolute atomic E-state index is 0.0460. The van der Waals surface area contributed by atoms with Crippen LogP contribution in [0.3, 0.4) is 0 Å². The number of hydrogen-bond donors (Lipinski definition) is 4. The van der Waals surface area contributed by atoms with Gasteiger partial charge in [-0.15, -0.1) is 0 Å². The molecule has 27 heavy (non-hydrogen) atoms. The highest BCUT2D eigenvalue weighted by Gasteiger charge is 2.47. The summed E-state index contributed by atoms with van der Waals surface area (Å²) in [4.78, 5) is 22.9. The van der Waals surface area contributed by atoms with Crippen LogP contribution in [-0.2, 0) is 19.1 Å². The number of carboxylic acids is 1. The zero-order chi connectivity index (χ0) is 20.0. The number of rotatable bonds is 8. The summed E-state index contributed by atoms with van der Waals surface area (Å²) in [5, 5.41) is 38.0. The smallest absolute Gasteiger partial charge is 0.335 e. The summed E-state index contributed by atoms with van der Waals surface area (Å²) >= 11 is 0. The van der Waals surface area contributed by atoms with Gasteiger partial charge in [-0.05, 0) is 23.8 Å². The zero-order valence-electron chi connectivity index (χ0n) is 14.6. The number of aliphatic hydroxyl groups is 3. The van der Waals surface area contributed by atoms with E-state index in [2.05, 4.69) is 0 Å². The number of carbonyl (C=O) groups is 2. The molecule has 148 valence electrons. The second-order valence-corrected chi connectivity index (χ2v) is 5.93. The fourth-order valence-corrected chi connectivity index (χ4v) is 2.45. The van der Waals surface area contributed by atoms with Gasteiger partial charge in [0.25, 0.3) is 0 Å². The van der Waals surface area contributed by atoms with Gasteiger partial charge in [-0.3, -0.25) is 4.79 Å². The molecule has 5 atom stereocenters. The predicted octanol–water partition coefficient (Wildman–Crippen LogP) is -0.424. The highest BCUT2D eigenvalue weighted by molar-refractivity contribution is 5.93. The van der Waals surface area contributed by atoms with Crippen LogP contribution in [0.4, 0.5) is 0 Å². The molecule has 5 unspecified atom stereocenters. The Morgan fingerprint density at radius 2 is 1.78 bits per heavy atom. The lowest BCUT2D eigenvalue weighted by Gasteiger charge is -2.38. The number of carbonyl (C=O) groups excluding carboxylic acids is 1. The molecular formula is C18H22O9. The van der Waals surface area contributed by atoms with Crippen LogP contribution in [0, 0.1) is 0 Å². The monoisotopic (exact) mass is 382 g/mol. The van der Waals surface area contributed by atoms with Crippen molar-refractivity contribution in [2.24, 2.45) is 0 Å². The molecule has 0 amide bonds.